The van der Waals surface area contributed by atoms with E-state index in [4.69, 9.17) is 14.5 Å². The lowest BCUT2D eigenvalue weighted by Gasteiger charge is -2.27. The van der Waals surface area contributed by atoms with Crippen LogP contribution >= 0.6 is 0 Å². The molecule has 2 aromatic carbocycles. The molecule has 28 heavy (non-hydrogen) atoms. The van der Waals surface area contributed by atoms with Crippen molar-refractivity contribution in [2.45, 2.75) is 33.0 Å². The maximum Gasteiger partial charge on any atom is 0.231 e. The predicted octanol–water partition coefficient (Wildman–Crippen LogP) is 4.23. The van der Waals surface area contributed by atoms with E-state index in [-0.39, 0.29) is 12.8 Å². The molecule has 3 aromatic rings. The molecule has 0 spiro atoms. The Morgan fingerprint density at radius 3 is 2.64 bits per heavy atom. The number of nitrogens with one attached hydrogen (secondary N) is 1. The highest BCUT2D eigenvalue weighted by molar-refractivity contribution is 5.47. The number of ether oxygens (including phenoxy) is 2. The Morgan fingerprint density at radius 2 is 1.82 bits per heavy atom. The lowest BCUT2D eigenvalue weighted by atomic mass is 10.2. The van der Waals surface area contributed by atoms with E-state index >= 15 is 0 Å². The van der Waals surface area contributed by atoms with Crippen molar-refractivity contribution >= 4 is 11.8 Å². The first-order valence-corrected chi connectivity index (χ1v) is 9.45. The standard InChI is InChI=1S/C22H24N4O2/c1-16(2)26(14-17-6-4-3-5-7-17)22-23-11-10-21(25-22)24-13-18-8-9-19-20(12-18)28-15-27-19/h3-12,16H,13-15H2,1-2H3,(H,23,24,25). The molecule has 2 heterocycles. The number of nitrogens with zero attached hydrogens (tertiary/aromatic N) is 3. The van der Waals surface area contributed by atoms with Gasteiger partial charge in [0.15, 0.2) is 11.5 Å². The van der Waals surface area contributed by atoms with Gasteiger partial charge in [0.1, 0.15) is 5.82 Å². The number of anilines is 2. The number of fused-ring (bicyclic) bond motifs is 1. The van der Waals surface area contributed by atoms with Gasteiger partial charge in [0, 0.05) is 25.3 Å². The first-order valence-electron chi connectivity index (χ1n) is 9.45. The van der Waals surface area contributed by atoms with Gasteiger partial charge < -0.3 is 19.7 Å². The number of benzene rings is 2. The Balaban J connectivity index is 1.46. The molecule has 0 saturated carbocycles. The topological polar surface area (TPSA) is 59.5 Å². The third kappa shape index (κ3) is 4.17. The minimum Gasteiger partial charge on any atom is -0.454 e. The van der Waals surface area contributed by atoms with Gasteiger partial charge in [0.2, 0.25) is 12.7 Å². The molecule has 6 heteroatoms. The summed E-state index contributed by atoms with van der Waals surface area (Å²) in [5.41, 5.74) is 2.34. The van der Waals surface area contributed by atoms with Crippen LogP contribution < -0.4 is 19.7 Å². The molecule has 6 nitrogen and oxygen atoms in total. The summed E-state index contributed by atoms with van der Waals surface area (Å²) in [4.78, 5) is 11.4. The second kappa shape index (κ2) is 8.17. The molecule has 1 aliphatic heterocycles. The third-order valence-corrected chi connectivity index (χ3v) is 4.63. The van der Waals surface area contributed by atoms with Crippen molar-refractivity contribution in [3.63, 3.8) is 0 Å². The average molecular weight is 376 g/mol. The van der Waals surface area contributed by atoms with Gasteiger partial charge in [0.25, 0.3) is 0 Å². The van der Waals surface area contributed by atoms with Crippen LogP contribution in [-0.4, -0.2) is 22.8 Å². The van der Waals surface area contributed by atoms with Crippen molar-refractivity contribution in [2.75, 3.05) is 17.0 Å². The van der Waals surface area contributed by atoms with E-state index < -0.39 is 0 Å². The van der Waals surface area contributed by atoms with Crippen molar-refractivity contribution in [3.05, 3.63) is 71.9 Å². The summed E-state index contributed by atoms with van der Waals surface area (Å²) >= 11 is 0. The summed E-state index contributed by atoms with van der Waals surface area (Å²) in [5.74, 6) is 3.09. The van der Waals surface area contributed by atoms with E-state index in [1.807, 2.05) is 30.3 Å². The van der Waals surface area contributed by atoms with E-state index in [1.54, 1.807) is 6.20 Å². The molecule has 0 atom stereocenters. The Bertz CT molecular complexity index is 931. The molecule has 0 fully saturated rings. The lowest BCUT2D eigenvalue weighted by molar-refractivity contribution is 0.174. The number of rotatable bonds is 7. The predicted molar refractivity (Wildman–Crippen MR) is 110 cm³/mol. The van der Waals surface area contributed by atoms with Crippen LogP contribution in [0.4, 0.5) is 11.8 Å². The van der Waals surface area contributed by atoms with Crippen LogP contribution in [0.2, 0.25) is 0 Å². The van der Waals surface area contributed by atoms with E-state index in [2.05, 4.69) is 53.3 Å². The molecule has 0 bridgehead atoms. The maximum atomic E-state index is 5.44. The van der Waals surface area contributed by atoms with Gasteiger partial charge in [-0.3, -0.25) is 0 Å². The van der Waals surface area contributed by atoms with Crippen molar-refractivity contribution in [1.29, 1.82) is 0 Å². The fourth-order valence-electron chi connectivity index (χ4n) is 3.09. The molecule has 0 radical (unpaired) electrons. The minimum absolute atomic E-state index is 0.282. The van der Waals surface area contributed by atoms with Gasteiger partial charge in [-0.15, -0.1) is 0 Å². The van der Waals surface area contributed by atoms with Crippen LogP contribution in [-0.2, 0) is 13.1 Å². The van der Waals surface area contributed by atoms with Gasteiger partial charge in [-0.05, 0) is 43.2 Å². The molecule has 0 unspecified atom stereocenters. The minimum atomic E-state index is 0.282. The van der Waals surface area contributed by atoms with Gasteiger partial charge in [-0.1, -0.05) is 36.4 Å². The second-order valence-electron chi connectivity index (χ2n) is 6.99. The van der Waals surface area contributed by atoms with Gasteiger partial charge in [0.05, 0.1) is 0 Å². The van der Waals surface area contributed by atoms with Crippen molar-refractivity contribution in [2.24, 2.45) is 0 Å². The zero-order chi connectivity index (χ0) is 19.3. The summed E-state index contributed by atoms with van der Waals surface area (Å²) in [7, 11) is 0. The summed E-state index contributed by atoms with van der Waals surface area (Å²) in [5, 5.41) is 3.38. The van der Waals surface area contributed by atoms with E-state index in [1.165, 1.54) is 5.56 Å². The summed E-state index contributed by atoms with van der Waals surface area (Å²) in [6.45, 7) is 6.00. The first-order chi connectivity index (χ1) is 13.7. The quantitative estimate of drug-likeness (QED) is 0.666. The first kappa shape index (κ1) is 18.1. The van der Waals surface area contributed by atoms with Crippen molar-refractivity contribution in [3.8, 4) is 11.5 Å². The largest absolute Gasteiger partial charge is 0.454 e. The van der Waals surface area contributed by atoms with Crippen molar-refractivity contribution < 1.29 is 9.47 Å². The average Bonchev–Trinajstić information content (AvgIpc) is 3.19. The van der Waals surface area contributed by atoms with Crippen molar-refractivity contribution in [1.82, 2.24) is 9.97 Å². The molecular formula is C22H24N4O2. The molecule has 0 saturated heterocycles. The Hall–Kier alpha value is -3.28. The van der Waals surface area contributed by atoms with Gasteiger partial charge in [-0.2, -0.15) is 4.98 Å². The molecule has 144 valence electrons. The SMILES string of the molecule is CC(C)N(Cc1ccccc1)c1nccc(NCc2ccc3c(c2)OCO3)n1. The Kier molecular flexibility index (Phi) is 5.28. The molecule has 0 aliphatic carbocycles. The molecule has 1 aromatic heterocycles. The van der Waals surface area contributed by atoms with Gasteiger partial charge in [-0.25, -0.2) is 4.98 Å². The third-order valence-electron chi connectivity index (χ3n) is 4.63. The van der Waals surface area contributed by atoms with Crippen LogP contribution in [0.25, 0.3) is 0 Å². The summed E-state index contributed by atoms with van der Waals surface area (Å²) in [6, 6.07) is 18.5. The van der Waals surface area contributed by atoms with Crippen LogP contribution in [0.1, 0.15) is 25.0 Å². The summed E-state index contributed by atoms with van der Waals surface area (Å²) < 4.78 is 10.8. The van der Waals surface area contributed by atoms with Crippen LogP contribution in [0.5, 0.6) is 11.5 Å². The van der Waals surface area contributed by atoms with E-state index in [9.17, 15) is 0 Å². The normalized spacial score (nSPS) is 12.2. The number of hydrogen-bond donors (Lipinski definition) is 1. The maximum absolute atomic E-state index is 5.44. The highest BCUT2D eigenvalue weighted by atomic mass is 16.7. The molecule has 1 aliphatic rings. The van der Waals surface area contributed by atoms with Crippen LogP contribution in [0.15, 0.2) is 60.8 Å². The monoisotopic (exact) mass is 376 g/mol. The molecule has 0 amide bonds. The smallest absolute Gasteiger partial charge is 0.231 e. The number of aromatic nitrogens is 2. The zero-order valence-electron chi connectivity index (χ0n) is 16.1. The highest BCUT2D eigenvalue weighted by Crippen LogP contribution is 2.32. The number of hydrogen-bond acceptors (Lipinski definition) is 6. The fourth-order valence-corrected chi connectivity index (χ4v) is 3.09. The Morgan fingerprint density at radius 1 is 1.00 bits per heavy atom. The Labute approximate surface area is 165 Å². The molecular weight excluding hydrogens is 352 g/mol. The van der Waals surface area contributed by atoms with E-state index in [0.29, 0.717) is 6.54 Å². The molecule has 1 N–H and O–H groups in total. The second-order valence-corrected chi connectivity index (χ2v) is 6.99. The fraction of sp³-hybridized carbons (Fsp3) is 0.273. The van der Waals surface area contributed by atoms with Gasteiger partial charge >= 0.3 is 0 Å². The van der Waals surface area contributed by atoms with Crippen LogP contribution in [0, 0.1) is 0 Å². The van der Waals surface area contributed by atoms with E-state index in [0.717, 1.165) is 35.4 Å². The highest BCUT2D eigenvalue weighted by Gasteiger charge is 2.15. The summed E-state index contributed by atoms with van der Waals surface area (Å²) in [6.07, 6.45) is 1.80. The lowest BCUT2D eigenvalue weighted by Crippen LogP contribution is -2.31. The zero-order valence-corrected chi connectivity index (χ0v) is 16.1. The molecule has 4 rings (SSSR count). The van der Waals surface area contributed by atoms with Crippen LogP contribution in [0.3, 0.4) is 0 Å².